The van der Waals surface area contributed by atoms with Crippen LogP contribution in [0.3, 0.4) is 0 Å². The summed E-state index contributed by atoms with van der Waals surface area (Å²) in [6.07, 6.45) is 0.455. The van der Waals surface area contributed by atoms with Crippen LogP contribution in [0.2, 0.25) is 0 Å². The van der Waals surface area contributed by atoms with Crippen molar-refractivity contribution in [3.8, 4) is 0 Å². The highest BCUT2D eigenvalue weighted by Gasteiger charge is 1.98. The smallest absolute Gasteiger partial charge is 0.330 e. The van der Waals surface area contributed by atoms with E-state index in [0.29, 0.717) is 0 Å². The van der Waals surface area contributed by atoms with Crippen molar-refractivity contribution in [1.82, 2.24) is 0 Å². The minimum Gasteiger partial charge on any atom is -0.460 e. The fourth-order valence-corrected chi connectivity index (χ4v) is 0.647. The first-order chi connectivity index (χ1) is 7.16. The second-order valence-corrected chi connectivity index (χ2v) is 2.84. The molecule has 3 nitrogen and oxygen atoms in total. The molecule has 0 aromatic heterocycles. The second-order valence-electron chi connectivity index (χ2n) is 2.84. The van der Waals surface area contributed by atoms with Crippen LogP contribution in [0.25, 0.3) is 0 Å². The van der Waals surface area contributed by atoms with E-state index >= 15 is 0 Å². The molecule has 0 heterocycles. The summed E-state index contributed by atoms with van der Waals surface area (Å²) < 4.78 is 4.45. The second kappa shape index (κ2) is 8.97. The number of ether oxygens (including phenoxy) is 1. The molecular weight excluding hydrogens is 192 g/mol. The van der Waals surface area contributed by atoms with Crippen LogP contribution in [0.5, 0.6) is 0 Å². The van der Waals surface area contributed by atoms with Crippen molar-refractivity contribution in [2.75, 3.05) is 6.61 Å². The van der Waals surface area contributed by atoms with Crippen molar-refractivity contribution < 1.29 is 14.6 Å². The Hall–Kier alpha value is -1.61. The molecule has 0 spiro atoms. The van der Waals surface area contributed by atoms with Crippen LogP contribution in [-0.4, -0.2) is 23.8 Å². The Bertz CT molecular complexity index is 241. The SMILES string of the molecule is C=CC(=O)OCC(C)O.c1ccccc1. The highest BCUT2D eigenvalue weighted by molar-refractivity contribution is 5.81. The molecule has 1 N–H and O–H groups in total. The van der Waals surface area contributed by atoms with Crippen molar-refractivity contribution in [2.45, 2.75) is 13.0 Å². The van der Waals surface area contributed by atoms with Gasteiger partial charge >= 0.3 is 5.97 Å². The number of esters is 1. The van der Waals surface area contributed by atoms with Gasteiger partial charge in [-0.25, -0.2) is 4.79 Å². The molecule has 0 aliphatic carbocycles. The monoisotopic (exact) mass is 208 g/mol. The summed E-state index contributed by atoms with van der Waals surface area (Å²) in [6.45, 7) is 4.75. The lowest BCUT2D eigenvalue weighted by molar-refractivity contribution is -0.140. The summed E-state index contributed by atoms with van der Waals surface area (Å²) in [6, 6.07) is 12.0. The number of carbonyl (C=O) groups is 1. The average Bonchev–Trinajstić information content (AvgIpc) is 2.29. The lowest BCUT2D eigenvalue weighted by atomic mass is 10.4. The van der Waals surface area contributed by atoms with E-state index in [1.807, 2.05) is 36.4 Å². The summed E-state index contributed by atoms with van der Waals surface area (Å²) in [5.41, 5.74) is 0. The lowest BCUT2D eigenvalue weighted by Crippen LogP contribution is -2.13. The highest BCUT2D eigenvalue weighted by Crippen LogP contribution is 1.83. The number of hydrogen-bond acceptors (Lipinski definition) is 3. The molecule has 1 aromatic carbocycles. The van der Waals surface area contributed by atoms with E-state index in [1.54, 1.807) is 0 Å². The van der Waals surface area contributed by atoms with Gasteiger partial charge in [-0.3, -0.25) is 0 Å². The van der Waals surface area contributed by atoms with Crippen molar-refractivity contribution in [3.63, 3.8) is 0 Å². The lowest BCUT2D eigenvalue weighted by Gasteiger charge is -2.02. The first-order valence-electron chi connectivity index (χ1n) is 4.64. The molecule has 0 aliphatic heterocycles. The van der Waals surface area contributed by atoms with Crippen LogP contribution < -0.4 is 0 Å². The Balaban J connectivity index is 0.000000280. The third kappa shape index (κ3) is 10.3. The molecule has 1 rings (SSSR count). The average molecular weight is 208 g/mol. The van der Waals surface area contributed by atoms with Crippen LogP contribution in [0.15, 0.2) is 49.1 Å². The zero-order valence-corrected chi connectivity index (χ0v) is 8.80. The molecule has 0 radical (unpaired) electrons. The topological polar surface area (TPSA) is 46.5 Å². The molecule has 1 aromatic rings. The first-order valence-corrected chi connectivity index (χ1v) is 4.64. The van der Waals surface area contributed by atoms with Gasteiger partial charge in [0.15, 0.2) is 0 Å². The zero-order chi connectivity index (χ0) is 11.5. The Morgan fingerprint density at radius 1 is 1.33 bits per heavy atom. The first kappa shape index (κ1) is 13.4. The third-order valence-corrected chi connectivity index (χ3v) is 1.30. The van der Waals surface area contributed by atoms with E-state index in [4.69, 9.17) is 5.11 Å². The number of aliphatic hydroxyl groups is 1. The molecule has 1 atom stereocenters. The molecule has 0 amide bonds. The minimum atomic E-state index is -0.603. The predicted molar refractivity (Wildman–Crippen MR) is 59.3 cm³/mol. The maximum absolute atomic E-state index is 10.3. The standard InChI is InChI=1S/C6H10O3.C6H6/c1-3-6(8)9-4-5(2)7;1-2-4-6-5-3-1/h3,5,7H,1,4H2,2H3;1-6H. The van der Waals surface area contributed by atoms with Gasteiger partial charge in [-0.15, -0.1) is 0 Å². The third-order valence-electron chi connectivity index (χ3n) is 1.30. The van der Waals surface area contributed by atoms with Crippen LogP contribution in [-0.2, 0) is 9.53 Å². The normalized spacial score (nSPS) is 10.5. The van der Waals surface area contributed by atoms with Crippen molar-refractivity contribution >= 4 is 5.97 Å². The van der Waals surface area contributed by atoms with Crippen LogP contribution in [0.4, 0.5) is 0 Å². The zero-order valence-electron chi connectivity index (χ0n) is 8.80. The molecule has 15 heavy (non-hydrogen) atoms. The molecule has 82 valence electrons. The Morgan fingerprint density at radius 3 is 2.00 bits per heavy atom. The largest absolute Gasteiger partial charge is 0.460 e. The fraction of sp³-hybridized carbons (Fsp3) is 0.250. The highest BCUT2D eigenvalue weighted by atomic mass is 16.5. The van der Waals surface area contributed by atoms with E-state index in [-0.39, 0.29) is 6.61 Å². The molecule has 0 saturated heterocycles. The summed E-state index contributed by atoms with van der Waals surface area (Å²) in [5.74, 6) is -0.504. The summed E-state index contributed by atoms with van der Waals surface area (Å²) in [5, 5.41) is 8.59. The number of benzene rings is 1. The molecule has 0 bridgehead atoms. The number of rotatable bonds is 3. The summed E-state index contributed by atoms with van der Waals surface area (Å²) >= 11 is 0. The fourth-order valence-electron chi connectivity index (χ4n) is 0.647. The predicted octanol–water partition coefficient (Wildman–Crippen LogP) is 1.78. The molecule has 0 fully saturated rings. The van der Waals surface area contributed by atoms with Crippen molar-refractivity contribution in [3.05, 3.63) is 49.1 Å². The number of aliphatic hydroxyl groups excluding tert-OH is 1. The molecular formula is C12H16O3. The molecule has 3 heteroatoms. The van der Waals surface area contributed by atoms with Crippen LogP contribution in [0, 0.1) is 0 Å². The quantitative estimate of drug-likeness (QED) is 0.608. The van der Waals surface area contributed by atoms with E-state index < -0.39 is 12.1 Å². The van der Waals surface area contributed by atoms with Crippen molar-refractivity contribution in [2.24, 2.45) is 0 Å². The van der Waals surface area contributed by atoms with Gasteiger partial charge in [-0.1, -0.05) is 43.0 Å². The Morgan fingerprint density at radius 2 is 1.73 bits per heavy atom. The van der Waals surface area contributed by atoms with E-state index in [1.165, 1.54) is 6.92 Å². The van der Waals surface area contributed by atoms with Gasteiger partial charge in [0, 0.05) is 6.08 Å². The maximum Gasteiger partial charge on any atom is 0.330 e. The Kier molecular flexibility index (Phi) is 8.00. The van der Waals surface area contributed by atoms with E-state index in [2.05, 4.69) is 11.3 Å². The number of carbonyl (C=O) groups excluding carboxylic acids is 1. The van der Waals surface area contributed by atoms with Crippen LogP contribution in [0.1, 0.15) is 6.92 Å². The van der Waals surface area contributed by atoms with E-state index in [0.717, 1.165) is 6.08 Å². The Labute approximate surface area is 90.0 Å². The van der Waals surface area contributed by atoms with Gasteiger partial charge < -0.3 is 9.84 Å². The minimum absolute atomic E-state index is 0.0326. The van der Waals surface area contributed by atoms with Gasteiger partial charge in [-0.05, 0) is 6.92 Å². The van der Waals surface area contributed by atoms with Gasteiger partial charge in [-0.2, -0.15) is 0 Å². The van der Waals surface area contributed by atoms with Gasteiger partial charge in [0.05, 0.1) is 6.10 Å². The summed E-state index contributed by atoms with van der Waals surface area (Å²) in [4.78, 5) is 10.3. The number of hydrogen-bond donors (Lipinski definition) is 1. The molecule has 1 unspecified atom stereocenters. The van der Waals surface area contributed by atoms with Gasteiger partial charge in [0.2, 0.25) is 0 Å². The van der Waals surface area contributed by atoms with Gasteiger partial charge in [0.1, 0.15) is 6.61 Å². The van der Waals surface area contributed by atoms with Crippen molar-refractivity contribution in [1.29, 1.82) is 0 Å². The van der Waals surface area contributed by atoms with Gasteiger partial charge in [0.25, 0.3) is 0 Å². The maximum atomic E-state index is 10.3. The van der Waals surface area contributed by atoms with E-state index in [9.17, 15) is 4.79 Å². The molecule has 0 aliphatic rings. The summed E-state index contributed by atoms with van der Waals surface area (Å²) in [7, 11) is 0. The van der Waals surface area contributed by atoms with Crippen LogP contribution >= 0.6 is 0 Å². The molecule has 0 saturated carbocycles.